The molecule has 4 rings (SSSR count). The van der Waals surface area contributed by atoms with Crippen LogP contribution in [0.1, 0.15) is 48.3 Å². The zero-order valence-electron chi connectivity index (χ0n) is 21.2. The first kappa shape index (κ1) is 25.3. The number of carbonyl (C=O) groups excluding carboxylic acids is 2. The van der Waals surface area contributed by atoms with Crippen molar-refractivity contribution in [3.05, 3.63) is 47.8 Å². The van der Waals surface area contributed by atoms with Gasteiger partial charge in [-0.3, -0.25) is 9.59 Å². The van der Waals surface area contributed by atoms with E-state index in [2.05, 4.69) is 5.32 Å². The molecule has 1 aliphatic rings. The first-order valence-corrected chi connectivity index (χ1v) is 12.4. The van der Waals surface area contributed by atoms with E-state index in [9.17, 15) is 9.59 Å². The number of imidazole rings is 1. The maximum absolute atomic E-state index is 13.0. The Hall–Kier alpha value is -3.75. The number of fused-ring (bicyclic) bond motifs is 1. The van der Waals surface area contributed by atoms with Crippen LogP contribution >= 0.6 is 0 Å². The molecular weight excluding hydrogens is 460 g/mol. The van der Waals surface area contributed by atoms with E-state index in [4.69, 9.17) is 19.2 Å². The van der Waals surface area contributed by atoms with Gasteiger partial charge in [0, 0.05) is 31.6 Å². The summed E-state index contributed by atoms with van der Waals surface area (Å²) in [5, 5.41) is 2.95. The smallest absolute Gasteiger partial charge is 0.251 e. The van der Waals surface area contributed by atoms with Gasteiger partial charge in [0.25, 0.3) is 5.91 Å². The molecule has 9 heteroatoms. The van der Waals surface area contributed by atoms with Gasteiger partial charge in [-0.1, -0.05) is 25.0 Å². The van der Waals surface area contributed by atoms with Crippen molar-refractivity contribution in [3.63, 3.8) is 0 Å². The highest BCUT2D eigenvalue weighted by Crippen LogP contribution is 2.38. The second kappa shape index (κ2) is 11.8. The van der Waals surface area contributed by atoms with Gasteiger partial charge < -0.3 is 29.0 Å². The van der Waals surface area contributed by atoms with Gasteiger partial charge in [-0.15, -0.1) is 0 Å². The van der Waals surface area contributed by atoms with Gasteiger partial charge in [0.1, 0.15) is 5.82 Å². The fourth-order valence-electron chi connectivity index (χ4n) is 4.67. The van der Waals surface area contributed by atoms with Crippen LogP contribution in [-0.2, 0) is 17.9 Å². The molecule has 0 unspecified atom stereocenters. The summed E-state index contributed by atoms with van der Waals surface area (Å²) in [5.41, 5.74) is 2.15. The number of rotatable bonds is 9. The Labute approximate surface area is 211 Å². The van der Waals surface area contributed by atoms with Crippen LogP contribution in [0.3, 0.4) is 0 Å². The van der Waals surface area contributed by atoms with Crippen LogP contribution in [-0.4, -0.2) is 60.7 Å². The van der Waals surface area contributed by atoms with Gasteiger partial charge in [0.2, 0.25) is 11.7 Å². The molecule has 2 amide bonds. The van der Waals surface area contributed by atoms with E-state index >= 15 is 0 Å². The lowest BCUT2D eigenvalue weighted by molar-refractivity contribution is -0.131. The van der Waals surface area contributed by atoms with Crippen molar-refractivity contribution < 1.29 is 23.8 Å². The quantitative estimate of drug-likeness (QED) is 0.486. The largest absolute Gasteiger partial charge is 0.493 e. The topological polar surface area (TPSA) is 94.9 Å². The summed E-state index contributed by atoms with van der Waals surface area (Å²) in [7, 11) is 4.53. The molecule has 2 heterocycles. The molecule has 0 atom stereocenters. The number of hydrogen-bond acceptors (Lipinski definition) is 6. The minimum absolute atomic E-state index is 0.169. The molecule has 1 fully saturated rings. The molecule has 1 aliphatic heterocycles. The molecule has 0 aliphatic carbocycles. The number of nitrogens with zero attached hydrogens (tertiary/aromatic N) is 3. The fourth-order valence-corrected chi connectivity index (χ4v) is 4.67. The molecule has 0 saturated carbocycles. The Morgan fingerprint density at radius 3 is 2.25 bits per heavy atom. The molecule has 2 aromatic carbocycles. The zero-order valence-corrected chi connectivity index (χ0v) is 21.2. The number of ether oxygens (including phenoxy) is 3. The molecule has 1 N–H and O–H groups in total. The average Bonchev–Trinajstić information content (AvgIpc) is 3.05. The standard InChI is InChI=1S/C27H34N4O5/c1-34-22-16-19(17-23(35-2)26(22)36-3)27(33)28-18-24-29-20-10-6-7-11-21(20)31(24)15-12-25(32)30-13-8-4-5-9-14-30/h6-7,10-11,16-17H,4-5,8-9,12-15,18H2,1-3H3,(H,28,33). The van der Waals surface area contributed by atoms with Gasteiger partial charge in [-0.2, -0.15) is 0 Å². The number of methoxy groups -OCH3 is 3. The maximum atomic E-state index is 13.0. The Bertz CT molecular complexity index is 1190. The Balaban J connectivity index is 1.50. The normalized spacial score (nSPS) is 13.8. The molecule has 0 radical (unpaired) electrons. The van der Waals surface area contributed by atoms with Crippen molar-refractivity contribution in [2.24, 2.45) is 0 Å². The van der Waals surface area contributed by atoms with E-state index in [0.29, 0.717) is 41.6 Å². The number of aryl methyl sites for hydroxylation is 1. The highest BCUT2D eigenvalue weighted by molar-refractivity contribution is 5.95. The van der Waals surface area contributed by atoms with E-state index in [0.717, 1.165) is 37.0 Å². The van der Waals surface area contributed by atoms with Crippen LogP contribution in [0.5, 0.6) is 17.2 Å². The second-order valence-corrected chi connectivity index (χ2v) is 8.81. The van der Waals surface area contributed by atoms with Gasteiger partial charge in [-0.05, 0) is 37.1 Å². The Kier molecular flexibility index (Phi) is 8.30. The molecule has 0 spiro atoms. The molecular formula is C27H34N4O5. The number of aromatic nitrogens is 2. The van der Waals surface area contributed by atoms with Crippen LogP contribution in [0.15, 0.2) is 36.4 Å². The molecule has 192 valence electrons. The van der Waals surface area contributed by atoms with Gasteiger partial charge >= 0.3 is 0 Å². The number of benzene rings is 2. The number of carbonyl (C=O) groups is 2. The summed E-state index contributed by atoms with van der Waals surface area (Å²) < 4.78 is 18.1. The van der Waals surface area contributed by atoms with Crippen molar-refractivity contribution in [1.82, 2.24) is 19.8 Å². The van der Waals surface area contributed by atoms with Crippen LogP contribution in [0.4, 0.5) is 0 Å². The number of nitrogens with one attached hydrogen (secondary N) is 1. The van der Waals surface area contributed by atoms with Crippen molar-refractivity contribution in [2.45, 2.75) is 45.2 Å². The van der Waals surface area contributed by atoms with Crippen LogP contribution in [0.25, 0.3) is 11.0 Å². The van der Waals surface area contributed by atoms with Crippen molar-refractivity contribution in [1.29, 1.82) is 0 Å². The van der Waals surface area contributed by atoms with Crippen molar-refractivity contribution >= 4 is 22.8 Å². The van der Waals surface area contributed by atoms with Gasteiger partial charge in [0.15, 0.2) is 11.5 Å². The average molecular weight is 495 g/mol. The zero-order chi connectivity index (χ0) is 25.5. The van der Waals surface area contributed by atoms with E-state index in [1.54, 1.807) is 12.1 Å². The summed E-state index contributed by atoms with van der Waals surface area (Å²) in [4.78, 5) is 32.6. The monoisotopic (exact) mass is 494 g/mol. The lowest BCUT2D eigenvalue weighted by atomic mass is 10.1. The highest BCUT2D eigenvalue weighted by Gasteiger charge is 2.20. The number of amides is 2. The first-order chi connectivity index (χ1) is 17.5. The Morgan fingerprint density at radius 1 is 0.944 bits per heavy atom. The van der Waals surface area contributed by atoms with Crippen molar-refractivity contribution in [3.8, 4) is 17.2 Å². The fraction of sp³-hybridized carbons (Fsp3) is 0.444. The van der Waals surface area contributed by atoms with Gasteiger partial charge in [0.05, 0.1) is 38.9 Å². The third kappa shape index (κ3) is 5.56. The van der Waals surface area contributed by atoms with Crippen molar-refractivity contribution in [2.75, 3.05) is 34.4 Å². The molecule has 9 nitrogen and oxygen atoms in total. The van der Waals surface area contributed by atoms with E-state index in [1.807, 2.05) is 33.7 Å². The third-order valence-electron chi connectivity index (χ3n) is 6.58. The van der Waals surface area contributed by atoms with Crippen LogP contribution in [0.2, 0.25) is 0 Å². The minimum atomic E-state index is -0.298. The predicted molar refractivity (Wildman–Crippen MR) is 137 cm³/mol. The summed E-state index contributed by atoms with van der Waals surface area (Å²) in [6, 6.07) is 11.0. The molecule has 0 bridgehead atoms. The van der Waals surface area contributed by atoms with Crippen LogP contribution in [0, 0.1) is 0 Å². The number of para-hydroxylation sites is 2. The lowest BCUT2D eigenvalue weighted by Gasteiger charge is -2.20. The summed E-state index contributed by atoms with van der Waals surface area (Å²) in [6.07, 6.45) is 4.90. The molecule has 1 saturated heterocycles. The summed E-state index contributed by atoms with van der Waals surface area (Å²) >= 11 is 0. The third-order valence-corrected chi connectivity index (χ3v) is 6.58. The number of likely N-dealkylation sites (tertiary alicyclic amines) is 1. The molecule has 1 aromatic heterocycles. The van der Waals surface area contributed by atoms with E-state index in [1.165, 1.54) is 34.2 Å². The summed E-state index contributed by atoms with van der Waals surface area (Å²) in [6.45, 7) is 2.38. The molecule has 36 heavy (non-hydrogen) atoms. The van der Waals surface area contributed by atoms with Crippen LogP contribution < -0.4 is 19.5 Å². The van der Waals surface area contributed by atoms with E-state index < -0.39 is 0 Å². The van der Waals surface area contributed by atoms with E-state index in [-0.39, 0.29) is 18.4 Å². The first-order valence-electron chi connectivity index (χ1n) is 12.4. The second-order valence-electron chi connectivity index (χ2n) is 8.81. The molecule has 3 aromatic rings. The SMILES string of the molecule is COc1cc(C(=O)NCc2nc3ccccc3n2CCC(=O)N2CCCCCC2)cc(OC)c1OC. The van der Waals surface area contributed by atoms with Gasteiger partial charge in [-0.25, -0.2) is 4.98 Å². The predicted octanol–water partition coefficient (Wildman–Crippen LogP) is 3.78. The Morgan fingerprint density at radius 2 is 1.61 bits per heavy atom. The maximum Gasteiger partial charge on any atom is 0.251 e. The lowest BCUT2D eigenvalue weighted by Crippen LogP contribution is -2.32. The highest BCUT2D eigenvalue weighted by atomic mass is 16.5. The number of hydrogen-bond donors (Lipinski definition) is 1. The minimum Gasteiger partial charge on any atom is -0.493 e. The summed E-state index contributed by atoms with van der Waals surface area (Å²) in [5.74, 6) is 1.80.